The van der Waals surface area contributed by atoms with Gasteiger partial charge in [0, 0.05) is 17.0 Å². The highest BCUT2D eigenvalue weighted by atomic mass is 16.6. The molecule has 2 heterocycles. The van der Waals surface area contributed by atoms with Crippen molar-refractivity contribution in [1.82, 2.24) is 9.80 Å². The van der Waals surface area contributed by atoms with Crippen LogP contribution in [0.5, 0.6) is 5.75 Å². The molecule has 2 aliphatic heterocycles. The third-order valence-electron chi connectivity index (χ3n) is 12.0. The molecule has 1 aromatic rings. The van der Waals surface area contributed by atoms with Gasteiger partial charge in [0.25, 0.3) is 0 Å². The second-order valence-corrected chi connectivity index (χ2v) is 16.3. The number of piperidine rings is 2. The quantitative estimate of drug-likeness (QED) is 0.185. The van der Waals surface area contributed by atoms with Gasteiger partial charge in [0.1, 0.15) is 18.0 Å². The van der Waals surface area contributed by atoms with Crippen molar-refractivity contribution in [2.75, 3.05) is 14.1 Å². The smallest absolute Gasteiger partial charge is 0.324 e. The van der Waals surface area contributed by atoms with Crippen LogP contribution in [0.15, 0.2) is 24.3 Å². The van der Waals surface area contributed by atoms with Crippen molar-refractivity contribution in [2.24, 2.45) is 5.41 Å². The topological polar surface area (TPSA) is 79.3 Å². The summed E-state index contributed by atoms with van der Waals surface area (Å²) in [5.74, 6) is -1.24. The number of aromatic hydroxyl groups is 1. The number of rotatable bonds is 12. The Balaban J connectivity index is 2.17. The van der Waals surface area contributed by atoms with Crippen LogP contribution in [0.3, 0.4) is 0 Å². The Bertz CT molecular complexity index is 1100. The zero-order chi connectivity index (χ0) is 34.0. The van der Waals surface area contributed by atoms with E-state index in [0.29, 0.717) is 19.3 Å². The van der Waals surface area contributed by atoms with Crippen molar-refractivity contribution in [3.63, 3.8) is 0 Å². The van der Waals surface area contributed by atoms with E-state index in [1.165, 1.54) is 0 Å². The molecule has 0 aliphatic carbocycles. The van der Waals surface area contributed by atoms with Crippen LogP contribution >= 0.6 is 0 Å². The van der Waals surface area contributed by atoms with Crippen LogP contribution in [-0.4, -0.2) is 75.3 Å². The molecule has 7 nitrogen and oxygen atoms in total. The van der Waals surface area contributed by atoms with Crippen LogP contribution in [0, 0.1) is 5.41 Å². The highest BCUT2D eigenvalue weighted by molar-refractivity contribution is 6.01. The molecule has 0 radical (unpaired) electrons. The van der Waals surface area contributed by atoms with Crippen LogP contribution in [0.4, 0.5) is 0 Å². The highest BCUT2D eigenvalue weighted by Gasteiger charge is 2.58. The number of phenolic OH excluding ortho intramolecular Hbond substituents is 1. The van der Waals surface area contributed by atoms with E-state index in [4.69, 9.17) is 9.47 Å². The summed E-state index contributed by atoms with van der Waals surface area (Å²) in [7, 11) is 4.20. The molecule has 3 rings (SSSR count). The van der Waals surface area contributed by atoms with Crippen LogP contribution < -0.4 is 0 Å². The molecule has 0 amide bonds. The summed E-state index contributed by atoms with van der Waals surface area (Å²) in [6.45, 7) is 21.7. The predicted molar refractivity (Wildman–Crippen MR) is 182 cm³/mol. The Labute approximate surface area is 274 Å². The standard InChI is InChI=1S/C38H64N2O5/c1-13-15-17-29(27-18-20-28(41)21-19-27)38(24-16-14-2,32(42)44-30-22-25-34(3,4)39(11)36(30,7)8)33(43)45-31-23-26-35(5,6)40(12)37(31,9)10/h18-21,29-31,41H,13-17,22-26H2,1-12H3. The molecule has 7 heteroatoms. The maximum Gasteiger partial charge on any atom is 0.324 e. The van der Waals surface area contributed by atoms with E-state index < -0.39 is 34.3 Å². The molecule has 3 atom stereocenters. The van der Waals surface area contributed by atoms with Gasteiger partial charge in [-0.1, -0.05) is 51.7 Å². The van der Waals surface area contributed by atoms with Crippen LogP contribution in [0.25, 0.3) is 0 Å². The van der Waals surface area contributed by atoms with E-state index in [1.807, 2.05) is 12.1 Å². The molecular formula is C38H64N2O5. The molecule has 0 spiro atoms. The number of esters is 2. The van der Waals surface area contributed by atoms with Crippen molar-refractivity contribution in [3.8, 4) is 5.75 Å². The monoisotopic (exact) mass is 628 g/mol. The lowest BCUT2D eigenvalue weighted by Gasteiger charge is -2.55. The van der Waals surface area contributed by atoms with Gasteiger partial charge in [-0.15, -0.1) is 0 Å². The number of carbonyl (C=O) groups is 2. The van der Waals surface area contributed by atoms with Gasteiger partial charge in [-0.3, -0.25) is 19.4 Å². The average molecular weight is 629 g/mol. The number of ether oxygens (including phenoxy) is 2. The van der Waals surface area contributed by atoms with E-state index in [1.54, 1.807) is 12.1 Å². The summed E-state index contributed by atoms with van der Waals surface area (Å²) in [4.78, 5) is 34.7. The predicted octanol–water partition coefficient (Wildman–Crippen LogP) is 8.23. The lowest BCUT2D eigenvalue weighted by molar-refractivity contribution is -0.198. The molecule has 1 aromatic carbocycles. The molecule has 256 valence electrons. The number of phenols is 1. The van der Waals surface area contributed by atoms with Gasteiger partial charge in [0.05, 0.1) is 11.1 Å². The Morgan fingerprint density at radius 3 is 1.62 bits per heavy atom. The fourth-order valence-corrected chi connectivity index (χ4v) is 7.89. The summed E-state index contributed by atoms with van der Waals surface area (Å²) in [5.41, 5.74) is -1.58. The molecule has 2 aliphatic rings. The van der Waals surface area contributed by atoms with Gasteiger partial charge in [-0.2, -0.15) is 0 Å². The summed E-state index contributed by atoms with van der Waals surface area (Å²) in [6, 6.07) is 7.02. The van der Waals surface area contributed by atoms with Crippen molar-refractivity contribution in [3.05, 3.63) is 29.8 Å². The number of hydrogen-bond acceptors (Lipinski definition) is 7. The number of likely N-dealkylation sites (tertiary alicyclic amines) is 2. The SMILES string of the molecule is CCCCC(c1ccc(O)cc1)C(CCCC)(C(=O)OC1CCC(C)(C)N(C)C1(C)C)C(=O)OC1CCC(C)(C)N(C)C1(C)C. The third kappa shape index (κ3) is 7.40. The van der Waals surface area contributed by atoms with Crippen molar-refractivity contribution < 1.29 is 24.2 Å². The maximum atomic E-state index is 15.1. The van der Waals surface area contributed by atoms with Crippen LogP contribution in [-0.2, 0) is 19.1 Å². The minimum absolute atomic E-state index is 0.0350. The molecule has 3 unspecified atom stereocenters. The fraction of sp³-hybridized carbons (Fsp3) is 0.789. The van der Waals surface area contributed by atoms with E-state index in [0.717, 1.165) is 50.5 Å². The van der Waals surface area contributed by atoms with E-state index in [9.17, 15) is 5.11 Å². The Morgan fingerprint density at radius 2 is 1.22 bits per heavy atom. The van der Waals surface area contributed by atoms with E-state index in [-0.39, 0.29) is 29.0 Å². The molecule has 0 aromatic heterocycles. The lowest BCUT2D eigenvalue weighted by Crippen LogP contribution is -2.65. The summed E-state index contributed by atoms with van der Waals surface area (Å²) < 4.78 is 13.2. The van der Waals surface area contributed by atoms with Crippen molar-refractivity contribution in [1.29, 1.82) is 0 Å². The first-order valence-electron chi connectivity index (χ1n) is 17.5. The average Bonchev–Trinajstić information content (AvgIpc) is 2.97. The lowest BCUT2D eigenvalue weighted by atomic mass is 9.66. The number of unbranched alkanes of at least 4 members (excludes halogenated alkanes) is 2. The Morgan fingerprint density at radius 1 is 0.800 bits per heavy atom. The van der Waals surface area contributed by atoms with Gasteiger partial charge in [0.2, 0.25) is 0 Å². The van der Waals surface area contributed by atoms with Gasteiger partial charge in [-0.25, -0.2) is 0 Å². The minimum atomic E-state index is -1.52. The first kappa shape index (κ1) is 37.3. The molecule has 1 N–H and O–H groups in total. The Kier molecular flexibility index (Phi) is 11.6. The first-order valence-corrected chi connectivity index (χ1v) is 17.5. The first-order chi connectivity index (χ1) is 20.8. The second-order valence-electron chi connectivity index (χ2n) is 16.3. The third-order valence-corrected chi connectivity index (χ3v) is 12.0. The largest absolute Gasteiger partial charge is 0.508 e. The fourth-order valence-electron chi connectivity index (χ4n) is 7.89. The molecule has 0 saturated carbocycles. The summed E-state index contributed by atoms with van der Waals surface area (Å²) >= 11 is 0. The molecule has 0 bridgehead atoms. The molecule has 2 saturated heterocycles. The minimum Gasteiger partial charge on any atom is -0.508 e. The zero-order valence-corrected chi connectivity index (χ0v) is 30.6. The van der Waals surface area contributed by atoms with Gasteiger partial charge >= 0.3 is 11.9 Å². The molecule has 45 heavy (non-hydrogen) atoms. The number of likely N-dealkylation sites (N-methyl/N-ethyl adjacent to an activating group) is 2. The number of nitrogens with zero attached hydrogens (tertiary/aromatic N) is 2. The van der Waals surface area contributed by atoms with Gasteiger partial charge < -0.3 is 14.6 Å². The van der Waals surface area contributed by atoms with Gasteiger partial charge in [0.15, 0.2) is 5.41 Å². The normalized spacial score (nSPS) is 26.4. The molecule has 2 fully saturated rings. The summed E-state index contributed by atoms with van der Waals surface area (Å²) in [6.07, 6.45) is 6.74. The Hall–Kier alpha value is -2.12. The van der Waals surface area contributed by atoms with E-state index in [2.05, 4.69) is 93.1 Å². The van der Waals surface area contributed by atoms with Gasteiger partial charge in [-0.05, 0) is 126 Å². The summed E-state index contributed by atoms with van der Waals surface area (Å²) in [5, 5.41) is 10.2. The number of benzene rings is 1. The maximum absolute atomic E-state index is 15.1. The number of hydrogen-bond donors (Lipinski definition) is 1. The van der Waals surface area contributed by atoms with Crippen molar-refractivity contribution >= 4 is 11.9 Å². The van der Waals surface area contributed by atoms with Crippen molar-refractivity contribution in [2.45, 2.75) is 174 Å². The van der Waals surface area contributed by atoms with Crippen LogP contribution in [0.1, 0.15) is 145 Å². The molecular weight excluding hydrogens is 564 g/mol. The van der Waals surface area contributed by atoms with E-state index >= 15 is 9.59 Å². The highest BCUT2D eigenvalue weighted by Crippen LogP contribution is 2.49. The van der Waals surface area contributed by atoms with Crippen LogP contribution in [0.2, 0.25) is 0 Å². The zero-order valence-electron chi connectivity index (χ0n) is 30.6. The second kappa shape index (κ2) is 13.9. The number of carbonyl (C=O) groups excluding carboxylic acids is 2.